The monoisotopic (exact) mass is 749 g/mol. The number of urea groups is 2. The maximum Gasteiger partial charge on any atom is 0.410 e. The van der Waals surface area contributed by atoms with Crippen LogP contribution in [0.4, 0.5) is 18.8 Å². The number of barbiturate groups is 1. The SMILES string of the molecule is CCSC(SCC)=C1C(=O)N(CC2CCCC2)C(=O)N(C2CCC3(CC2)CC2(C3)C(=O)N(C)C(=O)N2CC2(F)CN(C(=O)OC(C)(C)C)C2)C1=O. The Labute approximate surface area is 308 Å². The molecule has 3 aliphatic carbocycles. The number of carbonyl (C=O) groups is 6. The smallest absolute Gasteiger partial charge is 0.410 e. The third-order valence-corrected chi connectivity index (χ3v) is 13.7. The number of hydrogen-bond donors (Lipinski definition) is 0. The number of likely N-dealkylation sites (tertiary alicyclic amines) is 1. The zero-order valence-corrected chi connectivity index (χ0v) is 32.4. The minimum absolute atomic E-state index is 0.101. The van der Waals surface area contributed by atoms with Gasteiger partial charge in [0.2, 0.25) is 0 Å². The summed E-state index contributed by atoms with van der Waals surface area (Å²) in [5.41, 5.74) is -3.95. The fraction of sp³-hybridized carbons (Fsp3) is 0.778. The summed E-state index contributed by atoms with van der Waals surface area (Å²) in [6.45, 7) is 8.72. The Morgan fingerprint density at radius 1 is 0.902 bits per heavy atom. The summed E-state index contributed by atoms with van der Waals surface area (Å²) in [7, 11) is 1.42. The Morgan fingerprint density at radius 3 is 2.04 bits per heavy atom. The van der Waals surface area contributed by atoms with E-state index in [0.29, 0.717) is 60.8 Å². The second kappa shape index (κ2) is 13.9. The third kappa shape index (κ3) is 6.90. The van der Waals surface area contributed by atoms with Crippen LogP contribution in [-0.4, -0.2) is 128 Å². The molecule has 0 aromatic carbocycles. The number of nitrogens with zero attached hydrogens (tertiary/aromatic N) is 5. The van der Waals surface area contributed by atoms with Crippen LogP contribution in [0, 0.1) is 11.3 Å². The summed E-state index contributed by atoms with van der Waals surface area (Å²) >= 11 is 2.92. The van der Waals surface area contributed by atoms with Crippen LogP contribution in [0.2, 0.25) is 0 Å². The molecular formula is C36H52FN5O7S2. The fourth-order valence-corrected chi connectivity index (χ4v) is 11.3. The highest BCUT2D eigenvalue weighted by Crippen LogP contribution is 2.62. The number of hydrogen-bond acceptors (Lipinski definition) is 9. The molecule has 6 fully saturated rings. The van der Waals surface area contributed by atoms with E-state index in [1.54, 1.807) is 20.8 Å². The van der Waals surface area contributed by atoms with Gasteiger partial charge in [-0.15, -0.1) is 23.5 Å². The lowest BCUT2D eigenvalue weighted by atomic mass is 9.51. The van der Waals surface area contributed by atoms with Gasteiger partial charge in [-0.2, -0.15) is 0 Å². The first-order chi connectivity index (χ1) is 24.0. The lowest BCUT2D eigenvalue weighted by molar-refractivity contribution is -0.154. The van der Waals surface area contributed by atoms with E-state index in [-0.39, 0.29) is 42.4 Å². The average Bonchev–Trinajstić information content (AvgIpc) is 3.60. The van der Waals surface area contributed by atoms with Crippen molar-refractivity contribution >= 4 is 59.4 Å². The quantitative estimate of drug-likeness (QED) is 0.159. The molecule has 15 heteroatoms. The fourth-order valence-electron chi connectivity index (χ4n) is 9.14. The molecule has 3 saturated carbocycles. The Bertz CT molecular complexity index is 1490. The van der Waals surface area contributed by atoms with Crippen molar-refractivity contribution in [2.75, 3.05) is 44.7 Å². The van der Waals surface area contributed by atoms with Crippen molar-refractivity contribution in [1.82, 2.24) is 24.5 Å². The van der Waals surface area contributed by atoms with E-state index in [1.807, 2.05) is 13.8 Å². The van der Waals surface area contributed by atoms with Gasteiger partial charge in [0, 0.05) is 19.6 Å². The number of alkyl halides is 1. The van der Waals surface area contributed by atoms with Crippen molar-refractivity contribution in [2.45, 2.75) is 122 Å². The van der Waals surface area contributed by atoms with E-state index >= 15 is 4.39 Å². The molecule has 0 N–H and O–H groups in total. The molecule has 3 aliphatic heterocycles. The Balaban J connectivity index is 1.16. The molecule has 12 nitrogen and oxygen atoms in total. The van der Waals surface area contributed by atoms with Gasteiger partial charge in [-0.05, 0) is 95.0 Å². The highest BCUT2D eigenvalue weighted by Gasteiger charge is 2.69. The van der Waals surface area contributed by atoms with Gasteiger partial charge in [-0.3, -0.25) is 29.1 Å². The molecule has 282 valence electrons. The molecule has 6 aliphatic rings. The van der Waals surface area contributed by atoms with Gasteiger partial charge in [-0.1, -0.05) is 26.7 Å². The molecule has 3 heterocycles. The van der Waals surface area contributed by atoms with Crippen molar-refractivity contribution < 1.29 is 37.9 Å². The first-order valence-electron chi connectivity index (χ1n) is 18.4. The molecule has 0 radical (unpaired) electrons. The number of rotatable bonds is 9. The van der Waals surface area contributed by atoms with Gasteiger partial charge in [0.15, 0.2) is 5.67 Å². The number of thioether (sulfide) groups is 2. The highest BCUT2D eigenvalue weighted by molar-refractivity contribution is 8.22. The zero-order valence-electron chi connectivity index (χ0n) is 30.8. The van der Waals surface area contributed by atoms with E-state index in [9.17, 15) is 28.8 Å². The van der Waals surface area contributed by atoms with Crippen molar-refractivity contribution in [3.05, 3.63) is 9.81 Å². The largest absolute Gasteiger partial charge is 0.444 e. The Kier molecular flexibility index (Phi) is 10.3. The van der Waals surface area contributed by atoms with Gasteiger partial charge >= 0.3 is 18.2 Å². The van der Waals surface area contributed by atoms with E-state index in [1.165, 1.54) is 50.2 Å². The second-order valence-corrected chi connectivity index (χ2v) is 19.2. The molecular weight excluding hydrogens is 698 g/mol. The number of amides is 8. The molecule has 3 saturated heterocycles. The molecule has 6 rings (SSSR count). The van der Waals surface area contributed by atoms with Crippen LogP contribution in [0.25, 0.3) is 0 Å². The minimum Gasteiger partial charge on any atom is -0.444 e. The average molecular weight is 750 g/mol. The molecule has 0 aromatic rings. The van der Waals surface area contributed by atoms with Gasteiger partial charge in [0.1, 0.15) is 16.7 Å². The van der Waals surface area contributed by atoms with Crippen LogP contribution in [-0.2, 0) is 19.1 Å². The molecule has 0 bridgehead atoms. The van der Waals surface area contributed by atoms with Crippen LogP contribution in [0.3, 0.4) is 0 Å². The standard InChI is InChI=1S/C36H52FN5O7S2/c1-7-50-28(51-8-2)25-26(43)40(17-23-11-9-10-12-23)31(47)42(27(25)44)24-13-15-34(16-14-24)18-36(19-34)29(45)38(6)30(46)41(36)22-35(37)20-39(21-35)32(48)49-33(3,4)5/h23-24H,7-22H2,1-6H3. The summed E-state index contributed by atoms with van der Waals surface area (Å²) in [4.78, 5) is 87.8. The number of halogens is 1. The number of imide groups is 3. The molecule has 8 amide bonds. The lowest BCUT2D eigenvalue weighted by Crippen LogP contribution is -2.71. The van der Waals surface area contributed by atoms with E-state index in [4.69, 9.17) is 4.74 Å². The van der Waals surface area contributed by atoms with Gasteiger partial charge in [0.05, 0.1) is 23.9 Å². The van der Waals surface area contributed by atoms with Crippen molar-refractivity contribution in [3.63, 3.8) is 0 Å². The topological polar surface area (TPSA) is 128 Å². The first-order valence-corrected chi connectivity index (χ1v) is 20.4. The highest BCUT2D eigenvalue weighted by atomic mass is 32.2. The summed E-state index contributed by atoms with van der Waals surface area (Å²) in [6, 6.07) is -1.48. The van der Waals surface area contributed by atoms with Crippen LogP contribution < -0.4 is 0 Å². The van der Waals surface area contributed by atoms with Crippen LogP contribution in [0.1, 0.15) is 98.8 Å². The van der Waals surface area contributed by atoms with Gasteiger partial charge < -0.3 is 14.5 Å². The van der Waals surface area contributed by atoms with Gasteiger partial charge in [0.25, 0.3) is 17.7 Å². The van der Waals surface area contributed by atoms with Crippen LogP contribution in [0.15, 0.2) is 9.81 Å². The number of ether oxygens (including phenoxy) is 1. The second-order valence-electron chi connectivity index (χ2n) is 16.4. The molecule has 0 aromatic heterocycles. The molecule has 0 atom stereocenters. The number of likely N-dealkylation sites (N-methyl/N-ethyl adjacent to an activating group) is 1. The third-order valence-electron chi connectivity index (χ3n) is 11.5. The summed E-state index contributed by atoms with van der Waals surface area (Å²) in [5, 5.41) is 0. The van der Waals surface area contributed by atoms with Crippen molar-refractivity contribution in [3.8, 4) is 0 Å². The first kappa shape index (κ1) is 37.9. The van der Waals surface area contributed by atoms with Crippen LogP contribution in [0.5, 0.6) is 0 Å². The number of carbonyl (C=O) groups excluding carboxylic acids is 6. The Hall–Kier alpha value is -2.81. The maximum absolute atomic E-state index is 16.0. The maximum atomic E-state index is 16.0. The lowest BCUT2D eigenvalue weighted by Gasteiger charge is -2.60. The molecule has 51 heavy (non-hydrogen) atoms. The predicted octanol–water partition coefficient (Wildman–Crippen LogP) is 6.00. The van der Waals surface area contributed by atoms with E-state index < -0.39 is 52.8 Å². The zero-order chi connectivity index (χ0) is 37.1. The predicted molar refractivity (Wildman–Crippen MR) is 192 cm³/mol. The summed E-state index contributed by atoms with van der Waals surface area (Å²) in [6.07, 6.45) is 6.45. The summed E-state index contributed by atoms with van der Waals surface area (Å²) in [5.74, 6) is 0.254. The Morgan fingerprint density at radius 2 is 1.49 bits per heavy atom. The summed E-state index contributed by atoms with van der Waals surface area (Å²) < 4.78 is 22.0. The van der Waals surface area contributed by atoms with Crippen LogP contribution >= 0.6 is 23.5 Å². The van der Waals surface area contributed by atoms with E-state index in [0.717, 1.165) is 30.6 Å². The van der Waals surface area contributed by atoms with E-state index in [2.05, 4.69) is 0 Å². The minimum atomic E-state index is -1.86. The molecule has 0 unspecified atom stereocenters. The van der Waals surface area contributed by atoms with Crippen molar-refractivity contribution in [1.29, 1.82) is 0 Å². The van der Waals surface area contributed by atoms with Gasteiger partial charge in [-0.25, -0.2) is 18.8 Å². The van der Waals surface area contributed by atoms with Crippen molar-refractivity contribution in [2.24, 2.45) is 11.3 Å². The normalized spacial score (nSPS) is 29.9. The molecule has 2 spiro atoms.